The topological polar surface area (TPSA) is 115 Å². The summed E-state index contributed by atoms with van der Waals surface area (Å²) in [6.07, 6.45) is -2.21. The summed E-state index contributed by atoms with van der Waals surface area (Å²) in [7, 11) is 0. The van der Waals surface area contributed by atoms with Crippen LogP contribution >= 0.6 is 12.2 Å². The number of anilines is 2. The largest absolute Gasteiger partial charge is 0.475 e. The van der Waals surface area contributed by atoms with Crippen molar-refractivity contribution in [1.29, 1.82) is 5.26 Å². The van der Waals surface area contributed by atoms with E-state index in [1.54, 1.807) is 6.92 Å². The minimum atomic E-state index is -4.89. The first kappa shape index (κ1) is 26.6. The van der Waals surface area contributed by atoms with E-state index < -0.39 is 34.7 Å². The van der Waals surface area contributed by atoms with E-state index in [2.05, 4.69) is 15.0 Å². The number of carbonyl (C=O) groups is 1. The molecule has 202 valence electrons. The summed E-state index contributed by atoms with van der Waals surface area (Å²) >= 11 is 5.60. The Morgan fingerprint density at radius 2 is 1.97 bits per heavy atom. The molecule has 39 heavy (non-hydrogen) atoms. The molecule has 1 aliphatic carbocycles. The van der Waals surface area contributed by atoms with Crippen LogP contribution in [0.1, 0.15) is 43.3 Å². The maximum atomic E-state index is 15.5. The smallest absolute Gasteiger partial charge is 0.419 e. The highest BCUT2D eigenvalue weighted by Gasteiger charge is 2.60. The van der Waals surface area contributed by atoms with Crippen LogP contribution in [0.2, 0.25) is 0 Å². The number of alkyl halides is 3. The predicted octanol–water partition coefficient (Wildman–Crippen LogP) is 4.05. The molecule has 0 unspecified atom stereocenters. The van der Waals surface area contributed by atoms with Crippen molar-refractivity contribution < 1.29 is 32.2 Å². The first-order chi connectivity index (χ1) is 18.6. The molecule has 3 aromatic rings. The van der Waals surface area contributed by atoms with E-state index >= 15 is 4.39 Å². The summed E-state index contributed by atoms with van der Waals surface area (Å²) in [5.74, 6) is -0.956. The van der Waals surface area contributed by atoms with Crippen molar-refractivity contribution >= 4 is 45.5 Å². The lowest BCUT2D eigenvalue weighted by Crippen LogP contribution is -2.55. The van der Waals surface area contributed by atoms with E-state index in [1.165, 1.54) is 17.0 Å². The molecule has 9 nitrogen and oxygen atoms in total. The number of aliphatic hydroxyl groups excluding tert-OH is 1. The van der Waals surface area contributed by atoms with Gasteiger partial charge >= 0.3 is 6.18 Å². The number of amides is 1. The van der Waals surface area contributed by atoms with E-state index in [-0.39, 0.29) is 46.5 Å². The Labute approximate surface area is 224 Å². The highest BCUT2D eigenvalue weighted by Crippen LogP contribution is 2.49. The van der Waals surface area contributed by atoms with E-state index in [0.29, 0.717) is 37.6 Å². The third-order valence-electron chi connectivity index (χ3n) is 6.79. The number of pyridine rings is 1. The Kier molecular flexibility index (Phi) is 6.59. The van der Waals surface area contributed by atoms with Gasteiger partial charge in [0.05, 0.1) is 29.4 Å². The van der Waals surface area contributed by atoms with Crippen molar-refractivity contribution in [2.24, 2.45) is 0 Å². The Bertz CT molecular complexity index is 1550. The number of thiocarbonyl (C=S) groups is 1. The quantitative estimate of drug-likeness (QED) is 0.352. The lowest BCUT2D eigenvalue weighted by atomic mass is 9.75. The summed E-state index contributed by atoms with van der Waals surface area (Å²) in [6, 6.07) is 4.73. The van der Waals surface area contributed by atoms with Gasteiger partial charge in [-0.3, -0.25) is 9.69 Å². The van der Waals surface area contributed by atoms with Gasteiger partial charge in [0.15, 0.2) is 16.6 Å². The fourth-order valence-electron chi connectivity index (χ4n) is 4.82. The Morgan fingerprint density at radius 3 is 2.56 bits per heavy atom. The molecule has 0 radical (unpaired) electrons. The van der Waals surface area contributed by atoms with Crippen LogP contribution < -0.4 is 14.5 Å². The number of benzene rings is 1. The third-order valence-corrected chi connectivity index (χ3v) is 7.15. The maximum Gasteiger partial charge on any atom is 0.419 e. The zero-order valence-electron chi connectivity index (χ0n) is 20.4. The van der Waals surface area contributed by atoms with Gasteiger partial charge in [0, 0.05) is 12.1 Å². The number of fused-ring (bicyclic) bond motifs is 1. The molecule has 2 fully saturated rings. The zero-order valence-corrected chi connectivity index (χ0v) is 21.2. The maximum absolute atomic E-state index is 15.5. The Hall–Kier alpha value is -3.96. The van der Waals surface area contributed by atoms with Crippen molar-refractivity contribution in [1.82, 2.24) is 15.0 Å². The number of aromatic nitrogens is 3. The molecule has 1 saturated heterocycles. The summed E-state index contributed by atoms with van der Waals surface area (Å²) < 4.78 is 61.9. The van der Waals surface area contributed by atoms with Gasteiger partial charge in [-0.15, -0.1) is 0 Å². The SMILES string of the molecule is CCc1nc(OCCO)c2cc(N3C(=S)N(c4cnc(C#N)c(C(F)(F)F)c4)C(=O)C34CCC4)cc(F)c2n1. The summed E-state index contributed by atoms with van der Waals surface area (Å²) in [5, 5.41) is 18.3. The van der Waals surface area contributed by atoms with Gasteiger partial charge in [-0.25, -0.2) is 14.4 Å². The van der Waals surface area contributed by atoms with Gasteiger partial charge in [0.1, 0.15) is 29.6 Å². The predicted molar refractivity (Wildman–Crippen MR) is 135 cm³/mol. The number of nitriles is 1. The normalized spacial score (nSPS) is 16.6. The average Bonchev–Trinajstić information content (AvgIpc) is 3.12. The Balaban J connectivity index is 1.65. The van der Waals surface area contributed by atoms with Gasteiger partial charge in [-0.1, -0.05) is 6.92 Å². The first-order valence-electron chi connectivity index (χ1n) is 12.0. The molecule has 1 N–H and O–H groups in total. The van der Waals surface area contributed by atoms with Crippen molar-refractivity contribution in [2.75, 3.05) is 23.0 Å². The molecule has 3 heterocycles. The summed E-state index contributed by atoms with van der Waals surface area (Å²) in [4.78, 5) is 28.3. The molecule has 1 saturated carbocycles. The number of carbonyl (C=O) groups excluding carboxylic acids is 1. The number of halogens is 4. The highest BCUT2D eigenvalue weighted by molar-refractivity contribution is 7.81. The van der Waals surface area contributed by atoms with E-state index in [1.807, 2.05) is 0 Å². The number of aryl methyl sites for hydroxylation is 1. The minimum Gasteiger partial charge on any atom is -0.475 e. The van der Waals surface area contributed by atoms with Crippen LogP contribution in [0.3, 0.4) is 0 Å². The number of hydrogen-bond donors (Lipinski definition) is 1. The fourth-order valence-corrected chi connectivity index (χ4v) is 5.29. The van der Waals surface area contributed by atoms with Crippen LogP contribution in [0.4, 0.5) is 28.9 Å². The lowest BCUT2D eigenvalue weighted by Gasteiger charge is -2.43. The number of nitrogens with zero attached hydrogens (tertiary/aromatic N) is 6. The van der Waals surface area contributed by atoms with Crippen LogP contribution in [-0.4, -0.2) is 49.8 Å². The zero-order chi connectivity index (χ0) is 28.1. The molecule has 2 aliphatic rings. The fraction of sp³-hybridized carbons (Fsp3) is 0.360. The highest BCUT2D eigenvalue weighted by atomic mass is 32.1. The van der Waals surface area contributed by atoms with Crippen molar-refractivity contribution in [3.05, 3.63) is 47.3 Å². The van der Waals surface area contributed by atoms with Gasteiger partial charge < -0.3 is 14.7 Å². The van der Waals surface area contributed by atoms with E-state index in [4.69, 9.17) is 22.2 Å². The average molecular weight is 561 g/mol. The molecule has 2 aromatic heterocycles. The van der Waals surface area contributed by atoms with Crippen molar-refractivity contribution in [2.45, 2.75) is 44.3 Å². The van der Waals surface area contributed by atoms with Crippen LogP contribution in [0.5, 0.6) is 5.88 Å². The molecule has 1 spiro atoms. The van der Waals surface area contributed by atoms with Gasteiger partial charge in [-0.05, 0) is 49.7 Å². The lowest BCUT2D eigenvalue weighted by molar-refractivity contribution is -0.138. The molecule has 5 rings (SSSR count). The van der Waals surface area contributed by atoms with Crippen LogP contribution in [-0.2, 0) is 17.4 Å². The molecular formula is C25H20F4N6O3S. The van der Waals surface area contributed by atoms with Gasteiger partial charge in [0.25, 0.3) is 5.91 Å². The second-order valence-corrected chi connectivity index (χ2v) is 9.40. The van der Waals surface area contributed by atoms with Crippen LogP contribution in [0, 0.1) is 17.1 Å². The van der Waals surface area contributed by atoms with E-state index in [9.17, 15) is 23.1 Å². The molecule has 1 aliphatic heterocycles. The van der Waals surface area contributed by atoms with Gasteiger partial charge in [0.2, 0.25) is 5.88 Å². The molecule has 14 heteroatoms. The second kappa shape index (κ2) is 9.65. The number of hydrogen-bond acceptors (Lipinski definition) is 8. The first-order valence-corrected chi connectivity index (χ1v) is 12.4. The molecular weight excluding hydrogens is 540 g/mol. The Morgan fingerprint density at radius 1 is 1.23 bits per heavy atom. The van der Waals surface area contributed by atoms with Crippen molar-refractivity contribution in [3.8, 4) is 11.9 Å². The summed E-state index contributed by atoms with van der Waals surface area (Å²) in [6.45, 7) is 1.37. The molecule has 1 amide bonds. The van der Waals surface area contributed by atoms with Crippen molar-refractivity contribution in [3.63, 3.8) is 0 Å². The standard InChI is InChI=1S/C25H20F4N6O3S/c1-2-19-32-20-15(21(33-19)38-7-6-36)8-13(10-17(20)26)35-23(39)34(22(37)24(35)4-3-5-24)14-9-16(25(27,28)29)18(11-30)31-12-14/h8-10,12,36H,2-7H2,1H3. The minimum absolute atomic E-state index is 0.0272. The number of ether oxygens (including phenoxy) is 1. The third kappa shape index (κ3) is 4.22. The molecule has 1 aromatic carbocycles. The number of rotatable bonds is 6. The second-order valence-electron chi connectivity index (χ2n) is 9.04. The summed E-state index contributed by atoms with van der Waals surface area (Å²) in [5.41, 5.74) is -3.49. The van der Waals surface area contributed by atoms with E-state index in [0.717, 1.165) is 17.2 Å². The molecule has 0 bridgehead atoms. The number of aliphatic hydroxyl groups is 1. The molecule has 0 atom stereocenters. The van der Waals surface area contributed by atoms with Gasteiger partial charge in [-0.2, -0.15) is 23.4 Å². The van der Waals surface area contributed by atoms with Crippen LogP contribution in [0.15, 0.2) is 24.4 Å². The van der Waals surface area contributed by atoms with Crippen LogP contribution in [0.25, 0.3) is 10.9 Å². The monoisotopic (exact) mass is 560 g/mol.